The molecule has 1 saturated carbocycles. The molecular formula is C17H25N3O3. The van der Waals surface area contributed by atoms with Gasteiger partial charge in [-0.05, 0) is 12.3 Å². The standard InChI is InChI=1S/C17H25N3O3/c1-22-16-17(19-10-9-18-16)23-14-8-11-20(12-14)15(21)7-6-13-4-2-3-5-13/h9-10,13-14H,2-8,11-12H2,1H3/t14-/m1/s1. The molecule has 1 aliphatic carbocycles. The highest BCUT2D eigenvalue weighted by Gasteiger charge is 2.29. The summed E-state index contributed by atoms with van der Waals surface area (Å²) in [6.45, 7) is 1.39. The van der Waals surface area contributed by atoms with Gasteiger partial charge >= 0.3 is 0 Å². The summed E-state index contributed by atoms with van der Waals surface area (Å²) in [5.41, 5.74) is 0. The van der Waals surface area contributed by atoms with Crippen LogP contribution in [0, 0.1) is 5.92 Å². The fourth-order valence-electron chi connectivity index (χ4n) is 3.53. The Labute approximate surface area is 137 Å². The molecule has 1 atom stereocenters. The summed E-state index contributed by atoms with van der Waals surface area (Å²) in [4.78, 5) is 22.5. The van der Waals surface area contributed by atoms with Crippen LogP contribution in [0.2, 0.25) is 0 Å². The number of nitrogens with zero attached hydrogens (tertiary/aromatic N) is 3. The molecule has 0 spiro atoms. The van der Waals surface area contributed by atoms with Crippen LogP contribution in [0.4, 0.5) is 0 Å². The molecule has 1 amide bonds. The minimum atomic E-state index is -0.0315. The summed E-state index contributed by atoms with van der Waals surface area (Å²) in [6, 6.07) is 0. The lowest BCUT2D eigenvalue weighted by Crippen LogP contribution is -2.31. The average molecular weight is 319 g/mol. The molecule has 0 radical (unpaired) electrons. The molecule has 126 valence electrons. The van der Waals surface area contributed by atoms with Crippen molar-refractivity contribution >= 4 is 5.91 Å². The van der Waals surface area contributed by atoms with Crippen molar-refractivity contribution in [2.75, 3.05) is 20.2 Å². The first-order valence-electron chi connectivity index (χ1n) is 8.55. The van der Waals surface area contributed by atoms with E-state index in [1.165, 1.54) is 25.7 Å². The molecule has 1 saturated heterocycles. The van der Waals surface area contributed by atoms with Crippen molar-refractivity contribution in [1.82, 2.24) is 14.9 Å². The molecule has 0 unspecified atom stereocenters. The molecule has 2 aliphatic rings. The number of likely N-dealkylation sites (tertiary alicyclic amines) is 1. The SMILES string of the molecule is COc1nccnc1O[C@@H]1CCN(C(=O)CCC2CCCC2)C1. The normalized spacial score (nSPS) is 21.6. The first-order chi connectivity index (χ1) is 11.3. The lowest BCUT2D eigenvalue weighted by Gasteiger charge is -2.18. The van der Waals surface area contributed by atoms with Crippen LogP contribution in [0.3, 0.4) is 0 Å². The third-order valence-electron chi connectivity index (χ3n) is 4.84. The maximum absolute atomic E-state index is 12.3. The molecule has 6 nitrogen and oxygen atoms in total. The largest absolute Gasteiger partial charge is 0.477 e. The highest BCUT2D eigenvalue weighted by molar-refractivity contribution is 5.76. The van der Waals surface area contributed by atoms with Crippen LogP contribution in [0.15, 0.2) is 12.4 Å². The van der Waals surface area contributed by atoms with Crippen molar-refractivity contribution in [2.24, 2.45) is 5.92 Å². The van der Waals surface area contributed by atoms with E-state index in [-0.39, 0.29) is 12.0 Å². The molecule has 1 aromatic rings. The van der Waals surface area contributed by atoms with E-state index in [1.807, 2.05) is 4.90 Å². The smallest absolute Gasteiger partial charge is 0.278 e. The number of carbonyl (C=O) groups is 1. The molecule has 0 bridgehead atoms. The van der Waals surface area contributed by atoms with E-state index < -0.39 is 0 Å². The van der Waals surface area contributed by atoms with Crippen molar-refractivity contribution in [2.45, 2.75) is 51.0 Å². The zero-order valence-electron chi connectivity index (χ0n) is 13.7. The third kappa shape index (κ3) is 4.12. The third-order valence-corrected chi connectivity index (χ3v) is 4.84. The average Bonchev–Trinajstić information content (AvgIpc) is 3.25. The molecule has 0 N–H and O–H groups in total. The van der Waals surface area contributed by atoms with E-state index in [2.05, 4.69) is 9.97 Å². The summed E-state index contributed by atoms with van der Waals surface area (Å²) >= 11 is 0. The van der Waals surface area contributed by atoms with Crippen molar-refractivity contribution in [1.29, 1.82) is 0 Å². The number of carbonyl (C=O) groups excluding carboxylic acids is 1. The lowest BCUT2D eigenvalue weighted by atomic mass is 10.0. The van der Waals surface area contributed by atoms with Crippen LogP contribution in [0.5, 0.6) is 11.8 Å². The quantitative estimate of drug-likeness (QED) is 0.806. The molecule has 6 heteroatoms. The zero-order valence-corrected chi connectivity index (χ0v) is 13.7. The van der Waals surface area contributed by atoms with Gasteiger partial charge in [0.25, 0.3) is 11.8 Å². The van der Waals surface area contributed by atoms with Gasteiger partial charge < -0.3 is 14.4 Å². The highest BCUT2D eigenvalue weighted by atomic mass is 16.5. The van der Waals surface area contributed by atoms with Gasteiger partial charge in [0.15, 0.2) is 0 Å². The summed E-state index contributed by atoms with van der Waals surface area (Å²) in [6.07, 6.45) is 10.9. The maximum Gasteiger partial charge on any atom is 0.278 e. The second-order valence-electron chi connectivity index (χ2n) is 6.43. The Kier molecular flexibility index (Phi) is 5.31. The van der Waals surface area contributed by atoms with Crippen LogP contribution in [0.25, 0.3) is 0 Å². The van der Waals surface area contributed by atoms with Gasteiger partial charge in [0, 0.05) is 31.8 Å². The van der Waals surface area contributed by atoms with Crippen LogP contribution < -0.4 is 9.47 Å². The Hall–Kier alpha value is -1.85. The highest BCUT2D eigenvalue weighted by Crippen LogP contribution is 2.29. The van der Waals surface area contributed by atoms with Gasteiger partial charge in [0.2, 0.25) is 5.91 Å². The van der Waals surface area contributed by atoms with Crippen LogP contribution in [0.1, 0.15) is 44.9 Å². The number of rotatable bonds is 6. The maximum atomic E-state index is 12.3. The molecule has 23 heavy (non-hydrogen) atoms. The second-order valence-corrected chi connectivity index (χ2v) is 6.43. The molecule has 3 rings (SSSR count). The van der Waals surface area contributed by atoms with E-state index in [0.29, 0.717) is 24.7 Å². The lowest BCUT2D eigenvalue weighted by molar-refractivity contribution is -0.130. The fraction of sp³-hybridized carbons (Fsp3) is 0.706. The monoisotopic (exact) mass is 319 g/mol. The molecule has 1 aromatic heterocycles. The topological polar surface area (TPSA) is 64.6 Å². The van der Waals surface area contributed by atoms with Gasteiger partial charge in [-0.15, -0.1) is 0 Å². The molecular weight excluding hydrogens is 294 g/mol. The Morgan fingerprint density at radius 2 is 1.96 bits per heavy atom. The number of ether oxygens (including phenoxy) is 2. The minimum absolute atomic E-state index is 0.0315. The Morgan fingerprint density at radius 1 is 1.22 bits per heavy atom. The van der Waals surface area contributed by atoms with E-state index in [0.717, 1.165) is 25.3 Å². The van der Waals surface area contributed by atoms with Crippen molar-refractivity contribution in [3.8, 4) is 11.8 Å². The van der Waals surface area contributed by atoms with Crippen molar-refractivity contribution < 1.29 is 14.3 Å². The molecule has 2 fully saturated rings. The fourth-order valence-corrected chi connectivity index (χ4v) is 3.53. The van der Waals surface area contributed by atoms with Gasteiger partial charge in [-0.3, -0.25) is 4.79 Å². The Bertz CT molecular complexity index is 532. The van der Waals surface area contributed by atoms with Gasteiger partial charge in [-0.1, -0.05) is 25.7 Å². The van der Waals surface area contributed by atoms with E-state index >= 15 is 0 Å². The first-order valence-corrected chi connectivity index (χ1v) is 8.55. The van der Waals surface area contributed by atoms with Gasteiger partial charge in [-0.2, -0.15) is 0 Å². The second kappa shape index (κ2) is 7.62. The first kappa shape index (κ1) is 16.0. The van der Waals surface area contributed by atoms with E-state index in [9.17, 15) is 4.79 Å². The van der Waals surface area contributed by atoms with Gasteiger partial charge in [-0.25, -0.2) is 9.97 Å². The predicted octanol–water partition coefficient (Wildman–Crippen LogP) is 2.44. The summed E-state index contributed by atoms with van der Waals surface area (Å²) in [5, 5.41) is 0. The van der Waals surface area contributed by atoms with E-state index in [1.54, 1.807) is 19.5 Å². The van der Waals surface area contributed by atoms with Gasteiger partial charge in [0.05, 0.1) is 13.7 Å². The van der Waals surface area contributed by atoms with Gasteiger partial charge in [0.1, 0.15) is 6.10 Å². The summed E-state index contributed by atoms with van der Waals surface area (Å²) in [7, 11) is 1.55. The number of hydrogen-bond acceptors (Lipinski definition) is 5. The number of hydrogen-bond donors (Lipinski definition) is 0. The molecule has 2 heterocycles. The summed E-state index contributed by atoms with van der Waals surface area (Å²) in [5.74, 6) is 1.81. The van der Waals surface area contributed by atoms with Crippen molar-refractivity contribution in [3.63, 3.8) is 0 Å². The van der Waals surface area contributed by atoms with Crippen LogP contribution in [-0.2, 0) is 4.79 Å². The Balaban J connectivity index is 1.46. The predicted molar refractivity (Wildman–Crippen MR) is 85.4 cm³/mol. The van der Waals surface area contributed by atoms with Crippen molar-refractivity contribution in [3.05, 3.63) is 12.4 Å². The van der Waals surface area contributed by atoms with Crippen LogP contribution >= 0.6 is 0 Å². The molecule has 1 aliphatic heterocycles. The Morgan fingerprint density at radius 3 is 2.70 bits per heavy atom. The minimum Gasteiger partial charge on any atom is -0.477 e. The van der Waals surface area contributed by atoms with E-state index in [4.69, 9.17) is 9.47 Å². The number of methoxy groups -OCH3 is 1. The number of amides is 1. The zero-order chi connectivity index (χ0) is 16.1. The van der Waals surface area contributed by atoms with Crippen LogP contribution in [-0.4, -0.2) is 47.1 Å². The summed E-state index contributed by atoms with van der Waals surface area (Å²) < 4.78 is 11.0. The molecule has 0 aromatic carbocycles. The number of aromatic nitrogens is 2.